The summed E-state index contributed by atoms with van der Waals surface area (Å²) in [5.74, 6) is 1.64. The number of benzene rings is 2. The van der Waals surface area contributed by atoms with E-state index in [1.807, 2.05) is 24.3 Å². The predicted molar refractivity (Wildman–Crippen MR) is 206 cm³/mol. The summed E-state index contributed by atoms with van der Waals surface area (Å²) in [6.07, 6.45) is 4.88. The van der Waals surface area contributed by atoms with Crippen LogP contribution >= 0.6 is 0 Å². The zero-order chi connectivity index (χ0) is 39.7. The highest BCUT2D eigenvalue weighted by Crippen LogP contribution is 2.67. The molecular weight excluding hydrogens is 716 g/mol. The van der Waals surface area contributed by atoms with E-state index in [9.17, 15) is 40.5 Å². The second kappa shape index (κ2) is 16.8. The maximum absolute atomic E-state index is 12.8. The number of allylic oxidation sites excluding steroid dienone is 1. The van der Waals surface area contributed by atoms with E-state index in [0.29, 0.717) is 37.9 Å². The first-order valence-electron chi connectivity index (χ1n) is 20.5. The van der Waals surface area contributed by atoms with Crippen molar-refractivity contribution in [1.82, 2.24) is 0 Å². The number of aliphatic hydroxyl groups excluding tert-OH is 4. The molecule has 6 aliphatic rings. The highest BCUT2D eigenvalue weighted by molar-refractivity contribution is 5.87. The monoisotopic (exact) mass is 774 g/mol. The number of fused-ring (bicyclic) bond motifs is 10. The van der Waals surface area contributed by atoms with Crippen LogP contribution in [0.2, 0.25) is 0 Å². The van der Waals surface area contributed by atoms with E-state index in [-0.39, 0.29) is 54.6 Å². The maximum atomic E-state index is 12.8. The van der Waals surface area contributed by atoms with Gasteiger partial charge in [-0.05, 0) is 135 Å². The molecule has 2 bridgehead atoms. The Hall–Kier alpha value is -3.47. The molecule has 1 saturated heterocycles. The third-order valence-corrected chi connectivity index (χ3v) is 14.1. The molecule has 11 nitrogen and oxygen atoms in total. The number of ether oxygens (including phenoxy) is 3. The Labute approximate surface area is 329 Å². The van der Waals surface area contributed by atoms with E-state index in [1.54, 1.807) is 30.3 Å². The minimum absolute atomic E-state index is 0.0190. The standard InChI is InChI=1S/C45H58O11/c1-2-7-28-12-17-33(18-13-28)55-42-45(53)27-34(35(47)8-6-23-54-36(9-5-22-46)39(56-42)38(48)40(45)49)31-16-19-37-43(20-3-4-21-43)32(26-44(37,52)25-31)24-29-10-14-30(15-11-29)41(50)51/h2,10-15,17-18,31-32,34-40,42,46-49,52-53H,1,3-5,7-9,16,19-22,24-27H2,(H,50,51)/t31-,32-,34?,35?,36+,37+,38?,39-,40?,42-,44-,45+/m1/s1. The lowest BCUT2D eigenvalue weighted by atomic mass is 9.59. The second-order valence-corrected chi connectivity index (χ2v) is 17.3. The number of aliphatic hydroxyl groups is 6. The summed E-state index contributed by atoms with van der Waals surface area (Å²) in [4.78, 5) is 11.5. The molecule has 4 unspecified atom stereocenters. The summed E-state index contributed by atoms with van der Waals surface area (Å²) in [6, 6.07) is 14.3. The second-order valence-electron chi connectivity index (χ2n) is 17.3. The van der Waals surface area contributed by atoms with Crippen molar-refractivity contribution < 1.29 is 54.8 Å². The zero-order valence-corrected chi connectivity index (χ0v) is 32.0. The highest BCUT2D eigenvalue weighted by atomic mass is 16.7. The smallest absolute Gasteiger partial charge is 0.335 e. The minimum Gasteiger partial charge on any atom is -0.478 e. The van der Waals surface area contributed by atoms with Gasteiger partial charge in [0.25, 0.3) is 0 Å². The number of carbonyl (C=O) groups is 1. The summed E-state index contributed by atoms with van der Waals surface area (Å²) in [7, 11) is 0. The van der Waals surface area contributed by atoms with Gasteiger partial charge in [0, 0.05) is 13.0 Å². The van der Waals surface area contributed by atoms with Crippen LogP contribution in [0.4, 0.5) is 0 Å². The van der Waals surface area contributed by atoms with Crippen molar-refractivity contribution in [2.24, 2.45) is 29.1 Å². The SMILES string of the molecule is C=CCc1ccc(O[C@@H]2O[C@H]3C(O)C(O)[C@@]2(O)CC([C@@H]2CC[C@H]4C5(CCCC5)[C@H](Cc5ccc(C(=O)O)cc5)C[C@]4(O)C2)C(O)CC#CO[C@H]3CCCO)cc1. The van der Waals surface area contributed by atoms with Gasteiger partial charge in [-0.2, -0.15) is 0 Å². The molecule has 0 radical (unpaired) electrons. The summed E-state index contributed by atoms with van der Waals surface area (Å²) < 4.78 is 18.6. The van der Waals surface area contributed by atoms with Crippen LogP contribution in [0, 0.1) is 41.1 Å². The topological polar surface area (TPSA) is 186 Å². The highest BCUT2D eigenvalue weighted by Gasteiger charge is 2.65. The number of hydrogen-bond donors (Lipinski definition) is 7. The molecule has 3 heterocycles. The van der Waals surface area contributed by atoms with Crippen molar-refractivity contribution in [3.05, 3.63) is 77.9 Å². The van der Waals surface area contributed by atoms with Crippen LogP contribution in [0.3, 0.4) is 0 Å². The van der Waals surface area contributed by atoms with Crippen molar-refractivity contribution in [3.63, 3.8) is 0 Å². The molecule has 56 heavy (non-hydrogen) atoms. The Kier molecular flexibility index (Phi) is 12.2. The summed E-state index contributed by atoms with van der Waals surface area (Å²) in [5.41, 5.74) is -0.981. The normalized spacial score (nSPS) is 37.7. The third-order valence-electron chi connectivity index (χ3n) is 14.1. The first kappa shape index (κ1) is 40.7. The van der Waals surface area contributed by atoms with Gasteiger partial charge >= 0.3 is 5.97 Å². The van der Waals surface area contributed by atoms with Crippen LogP contribution in [0.25, 0.3) is 0 Å². The Bertz CT molecular complexity index is 1730. The van der Waals surface area contributed by atoms with Crippen molar-refractivity contribution >= 4 is 5.97 Å². The molecule has 0 aromatic heterocycles. The molecule has 304 valence electrons. The van der Waals surface area contributed by atoms with Crippen LogP contribution < -0.4 is 4.74 Å². The molecule has 2 aromatic carbocycles. The number of carboxylic acids is 1. The molecule has 3 aliphatic carbocycles. The summed E-state index contributed by atoms with van der Waals surface area (Å²) in [6.45, 7) is 3.65. The Morgan fingerprint density at radius 3 is 2.36 bits per heavy atom. The van der Waals surface area contributed by atoms with E-state index in [2.05, 4.69) is 18.6 Å². The van der Waals surface area contributed by atoms with E-state index >= 15 is 0 Å². The Morgan fingerprint density at radius 1 is 0.964 bits per heavy atom. The van der Waals surface area contributed by atoms with Crippen molar-refractivity contribution in [2.75, 3.05) is 6.61 Å². The molecule has 4 fully saturated rings. The van der Waals surface area contributed by atoms with Crippen molar-refractivity contribution in [3.8, 4) is 17.8 Å². The fourth-order valence-corrected chi connectivity index (χ4v) is 11.4. The van der Waals surface area contributed by atoms with Crippen LogP contribution in [0.15, 0.2) is 61.2 Å². The third kappa shape index (κ3) is 7.87. The number of rotatable bonds is 11. The molecule has 2 aromatic rings. The molecule has 1 spiro atoms. The molecule has 3 aliphatic heterocycles. The summed E-state index contributed by atoms with van der Waals surface area (Å²) in [5, 5.41) is 79.9. The van der Waals surface area contributed by atoms with Gasteiger partial charge < -0.3 is 50.0 Å². The Morgan fingerprint density at radius 2 is 1.68 bits per heavy atom. The van der Waals surface area contributed by atoms with E-state index in [4.69, 9.17) is 14.2 Å². The molecular formula is C45H58O11. The average molecular weight is 775 g/mol. The number of hydrogen-bond acceptors (Lipinski definition) is 10. The van der Waals surface area contributed by atoms with Crippen LogP contribution in [0.1, 0.15) is 98.5 Å². The van der Waals surface area contributed by atoms with Gasteiger partial charge in [0.2, 0.25) is 6.29 Å². The van der Waals surface area contributed by atoms with Gasteiger partial charge in [-0.1, -0.05) is 49.1 Å². The fourth-order valence-electron chi connectivity index (χ4n) is 11.4. The van der Waals surface area contributed by atoms with Crippen molar-refractivity contribution in [2.45, 2.75) is 138 Å². The molecule has 8 rings (SSSR count). The van der Waals surface area contributed by atoms with Crippen LogP contribution in [0.5, 0.6) is 5.75 Å². The van der Waals surface area contributed by atoms with Gasteiger partial charge in [0.15, 0.2) is 5.60 Å². The zero-order valence-electron chi connectivity index (χ0n) is 32.0. The number of aromatic carboxylic acids is 1. The predicted octanol–water partition coefficient (Wildman–Crippen LogP) is 4.53. The molecule has 7 N–H and O–H groups in total. The lowest BCUT2D eigenvalue weighted by Gasteiger charge is -2.52. The first-order chi connectivity index (χ1) is 26.9. The average Bonchev–Trinajstić information content (AvgIpc) is 3.76. The lowest BCUT2D eigenvalue weighted by Crippen LogP contribution is -2.70. The maximum Gasteiger partial charge on any atom is 0.335 e. The van der Waals surface area contributed by atoms with Crippen LogP contribution in [-0.4, -0.2) is 96.3 Å². The minimum atomic E-state index is -2.19. The van der Waals surface area contributed by atoms with Gasteiger partial charge in [0.1, 0.15) is 36.3 Å². The van der Waals surface area contributed by atoms with Gasteiger partial charge in [-0.3, -0.25) is 0 Å². The quantitative estimate of drug-likeness (QED) is 0.126. The van der Waals surface area contributed by atoms with E-state index in [0.717, 1.165) is 49.7 Å². The molecule has 3 saturated carbocycles. The fraction of sp³-hybridized carbons (Fsp3) is 0.622. The molecule has 11 heteroatoms. The van der Waals surface area contributed by atoms with E-state index in [1.165, 1.54) is 0 Å². The lowest BCUT2D eigenvalue weighted by molar-refractivity contribution is -0.334. The summed E-state index contributed by atoms with van der Waals surface area (Å²) >= 11 is 0. The van der Waals surface area contributed by atoms with Crippen LogP contribution in [-0.2, 0) is 22.3 Å². The molecule has 0 amide bonds. The van der Waals surface area contributed by atoms with Gasteiger partial charge in [0.05, 0.1) is 17.3 Å². The van der Waals surface area contributed by atoms with E-state index < -0.39 is 59.9 Å². The number of carboxylic acid groups (broad SMARTS) is 1. The largest absolute Gasteiger partial charge is 0.478 e. The van der Waals surface area contributed by atoms with Gasteiger partial charge in [-0.25, -0.2) is 4.79 Å². The molecule has 12 atom stereocenters. The van der Waals surface area contributed by atoms with Crippen molar-refractivity contribution in [1.29, 1.82) is 0 Å². The van der Waals surface area contributed by atoms with Gasteiger partial charge in [-0.15, -0.1) is 6.58 Å². The Balaban J connectivity index is 1.19. The first-order valence-corrected chi connectivity index (χ1v) is 20.5.